The van der Waals surface area contributed by atoms with Gasteiger partial charge in [0.2, 0.25) is 0 Å². The van der Waals surface area contributed by atoms with Crippen molar-refractivity contribution in [3.8, 4) is 6.07 Å². The van der Waals surface area contributed by atoms with Gasteiger partial charge < -0.3 is 9.80 Å². The summed E-state index contributed by atoms with van der Waals surface area (Å²) in [6.07, 6.45) is 2.69. The van der Waals surface area contributed by atoms with Crippen LogP contribution in [0.1, 0.15) is 18.3 Å². The number of hydrogen-bond donors (Lipinski definition) is 0. The maximum Gasteiger partial charge on any atom is 0.147 e. The van der Waals surface area contributed by atoms with Crippen LogP contribution in [0.4, 0.5) is 11.5 Å². The van der Waals surface area contributed by atoms with Gasteiger partial charge in [0.1, 0.15) is 11.9 Å². The zero-order valence-electron chi connectivity index (χ0n) is 13.6. The third-order valence-corrected chi connectivity index (χ3v) is 4.32. The standard InChI is InChI=1S/C18H21N5/c1-3-17-14(2)20-12-18(21-17)22-9-10-23(16(11-19)13-22)15-7-5-4-6-8-15/h4-8,12,16H,3,9-10,13H2,1-2H3. The highest BCUT2D eigenvalue weighted by Crippen LogP contribution is 2.23. The van der Waals surface area contributed by atoms with Crippen LogP contribution in [-0.2, 0) is 6.42 Å². The second kappa shape index (κ2) is 6.66. The Balaban J connectivity index is 1.80. The molecule has 118 valence electrons. The van der Waals surface area contributed by atoms with Gasteiger partial charge in [-0.15, -0.1) is 0 Å². The second-order valence-corrected chi connectivity index (χ2v) is 5.73. The molecule has 1 atom stereocenters. The summed E-state index contributed by atoms with van der Waals surface area (Å²) in [6, 6.07) is 12.4. The van der Waals surface area contributed by atoms with Crippen LogP contribution < -0.4 is 9.80 Å². The van der Waals surface area contributed by atoms with E-state index in [1.54, 1.807) is 0 Å². The number of aryl methyl sites for hydroxylation is 2. The molecule has 1 aliphatic heterocycles. The molecule has 1 unspecified atom stereocenters. The van der Waals surface area contributed by atoms with E-state index in [9.17, 15) is 5.26 Å². The van der Waals surface area contributed by atoms with Gasteiger partial charge in [0.15, 0.2) is 0 Å². The fraction of sp³-hybridized carbons (Fsp3) is 0.389. The summed E-state index contributed by atoms with van der Waals surface area (Å²) in [4.78, 5) is 13.5. The predicted octanol–water partition coefficient (Wildman–Crippen LogP) is 2.57. The van der Waals surface area contributed by atoms with Crippen LogP contribution in [0.25, 0.3) is 0 Å². The average Bonchev–Trinajstić information content (AvgIpc) is 2.62. The van der Waals surface area contributed by atoms with Gasteiger partial charge in [-0.05, 0) is 25.5 Å². The van der Waals surface area contributed by atoms with E-state index in [2.05, 4.69) is 39.9 Å². The Bertz CT molecular complexity index is 707. The molecule has 0 bridgehead atoms. The van der Waals surface area contributed by atoms with E-state index >= 15 is 0 Å². The topological polar surface area (TPSA) is 56.1 Å². The van der Waals surface area contributed by atoms with Crippen molar-refractivity contribution in [3.63, 3.8) is 0 Å². The molecule has 1 aromatic heterocycles. The smallest absolute Gasteiger partial charge is 0.147 e. The molecule has 0 spiro atoms. The van der Waals surface area contributed by atoms with E-state index in [1.807, 2.05) is 31.3 Å². The lowest BCUT2D eigenvalue weighted by molar-refractivity contribution is 0.585. The molecule has 5 heteroatoms. The van der Waals surface area contributed by atoms with E-state index in [4.69, 9.17) is 4.98 Å². The number of anilines is 2. The first-order valence-corrected chi connectivity index (χ1v) is 8.01. The number of nitriles is 1. The molecule has 2 heterocycles. The Morgan fingerprint density at radius 1 is 1.26 bits per heavy atom. The first-order chi connectivity index (χ1) is 11.2. The monoisotopic (exact) mass is 307 g/mol. The lowest BCUT2D eigenvalue weighted by Gasteiger charge is -2.40. The van der Waals surface area contributed by atoms with Crippen LogP contribution in [0.15, 0.2) is 36.5 Å². The summed E-state index contributed by atoms with van der Waals surface area (Å²) in [5.74, 6) is 0.875. The molecule has 0 N–H and O–H groups in total. The van der Waals surface area contributed by atoms with Crippen LogP contribution in [0.2, 0.25) is 0 Å². The number of hydrogen-bond acceptors (Lipinski definition) is 5. The van der Waals surface area contributed by atoms with Crippen molar-refractivity contribution in [3.05, 3.63) is 47.9 Å². The van der Waals surface area contributed by atoms with Gasteiger partial charge >= 0.3 is 0 Å². The molecule has 1 aliphatic rings. The number of para-hydroxylation sites is 1. The summed E-state index contributed by atoms with van der Waals surface area (Å²) in [6.45, 7) is 6.37. The minimum atomic E-state index is -0.181. The van der Waals surface area contributed by atoms with Crippen LogP contribution in [-0.4, -0.2) is 35.6 Å². The molecule has 0 saturated carbocycles. The summed E-state index contributed by atoms with van der Waals surface area (Å²) in [5.41, 5.74) is 3.11. The van der Waals surface area contributed by atoms with E-state index in [1.165, 1.54) is 0 Å². The van der Waals surface area contributed by atoms with Crippen molar-refractivity contribution in [2.75, 3.05) is 29.4 Å². The van der Waals surface area contributed by atoms with Gasteiger partial charge in [-0.2, -0.15) is 5.26 Å². The molecule has 0 amide bonds. The molecule has 23 heavy (non-hydrogen) atoms. The van der Waals surface area contributed by atoms with E-state index < -0.39 is 0 Å². The quantitative estimate of drug-likeness (QED) is 0.872. The molecule has 0 radical (unpaired) electrons. The number of rotatable bonds is 3. The molecule has 3 rings (SSSR count). The van der Waals surface area contributed by atoms with Gasteiger partial charge in [0.05, 0.1) is 30.2 Å². The fourth-order valence-electron chi connectivity index (χ4n) is 2.99. The summed E-state index contributed by atoms with van der Waals surface area (Å²) in [7, 11) is 0. The number of nitrogens with zero attached hydrogens (tertiary/aromatic N) is 5. The number of benzene rings is 1. The van der Waals surface area contributed by atoms with E-state index in [-0.39, 0.29) is 6.04 Å². The van der Waals surface area contributed by atoms with Gasteiger partial charge in [0, 0.05) is 18.8 Å². The highest BCUT2D eigenvalue weighted by molar-refractivity contribution is 5.52. The highest BCUT2D eigenvalue weighted by Gasteiger charge is 2.28. The van der Waals surface area contributed by atoms with Crippen LogP contribution in [0.5, 0.6) is 0 Å². The third-order valence-electron chi connectivity index (χ3n) is 4.32. The van der Waals surface area contributed by atoms with Gasteiger partial charge in [-0.1, -0.05) is 25.1 Å². The lowest BCUT2D eigenvalue weighted by atomic mass is 10.1. The zero-order chi connectivity index (χ0) is 16.2. The zero-order valence-corrected chi connectivity index (χ0v) is 13.6. The van der Waals surface area contributed by atoms with Crippen LogP contribution in [0, 0.1) is 18.3 Å². The molecular formula is C18H21N5. The summed E-state index contributed by atoms with van der Waals surface area (Å²) < 4.78 is 0. The third kappa shape index (κ3) is 3.11. The Labute approximate surface area is 137 Å². The van der Waals surface area contributed by atoms with E-state index in [0.29, 0.717) is 6.54 Å². The second-order valence-electron chi connectivity index (χ2n) is 5.73. The largest absolute Gasteiger partial charge is 0.352 e. The summed E-state index contributed by atoms with van der Waals surface area (Å²) >= 11 is 0. The summed E-state index contributed by atoms with van der Waals surface area (Å²) in [5, 5.41) is 9.58. The Morgan fingerprint density at radius 2 is 2.04 bits per heavy atom. The van der Waals surface area contributed by atoms with Crippen molar-refractivity contribution in [1.29, 1.82) is 5.26 Å². The highest BCUT2D eigenvalue weighted by atomic mass is 15.3. The van der Waals surface area contributed by atoms with Gasteiger partial charge in [0.25, 0.3) is 0 Å². The number of piperazine rings is 1. The molecule has 0 aliphatic carbocycles. The fourth-order valence-corrected chi connectivity index (χ4v) is 2.99. The average molecular weight is 307 g/mol. The first-order valence-electron chi connectivity index (χ1n) is 8.01. The van der Waals surface area contributed by atoms with Gasteiger partial charge in [-0.25, -0.2) is 4.98 Å². The molecule has 2 aromatic rings. The Kier molecular flexibility index (Phi) is 4.42. The Morgan fingerprint density at radius 3 is 2.74 bits per heavy atom. The normalized spacial score (nSPS) is 17.9. The molecule has 1 saturated heterocycles. The van der Waals surface area contributed by atoms with Crippen molar-refractivity contribution >= 4 is 11.5 Å². The first kappa shape index (κ1) is 15.3. The van der Waals surface area contributed by atoms with Crippen LogP contribution in [0.3, 0.4) is 0 Å². The number of aromatic nitrogens is 2. The molecule has 1 fully saturated rings. The van der Waals surface area contributed by atoms with E-state index in [0.717, 1.165) is 42.4 Å². The predicted molar refractivity (Wildman–Crippen MR) is 91.5 cm³/mol. The lowest BCUT2D eigenvalue weighted by Crippen LogP contribution is -2.53. The van der Waals surface area contributed by atoms with Crippen LogP contribution >= 0.6 is 0 Å². The molecule has 5 nitrogen and oxygen atoms in total. The Hall–Kier alpha value is -2.61. The van der Waals surface area contributed by atoms with Crippen molar-refractivity contribution in [2.45, 2.75) is 26.3 Å². The van der Waals surface area contributed by atoms with Crippen molar-refractivity contribution in [2.24, 2.45) is 0 Å². The minimum Gasteiger partial charge on any atom is -0.352 e. The SMILES string of the molecule is CCc1nc(N2CCN(c3ccccc3)C(C#N)C2)cnc1C. The maximum atomic E-state index is 9.58. The van der Waals surface area contributed by atoms with Crippen molar-refractivity contribution in [1.82, 2.24) is 9.97 Å². The van der Waals surface area contributed by atoms with Gasteiger partial charge in [-0.3, -0.25) is 4.98 Å². The molecule has 1 aromatic carbocycles. The molecular weight excluding hydrogens is 286 g/mol. The maximum absolute atomic E-state index is 9.58. The minimum absolute atomic E-state index is 0.181. The van der Waals surface area contributed by atoms with Crippen molar-refractivity contribution < 1.29 is 0 Å².